The number of aryl methyl sites for hydroxylation is 2. The molecule has 98 valence electrons. The minimum atomic E-state index is -0.130. The summed E-state index contributed by atoms with van der Waals surface area (Å²) in [6.45, 7) is 2.31. The second-order valence-electron chi connectivity index (χ2n) is 6.41. The average molecular weight is 244 g/mol. The van der Waals surface area contributed by atoms with Gasteiger partial charge in [0, 0.05) is 0 Å². The maximum atomic E-state index is 10.4. The van der Waals surface area contributed by atoms with Crippen LogP contribution in [0.15, 0.2) is 18.2 Å². The molecule has 3 unspecified atom stereocenters. The van der Waals surface area contributed by atoms with Gasteiger partial charge in [-0.05, 0) is 67.1 Å². The van der Waals surface area contributed by atoms with E-state index in [-0.39, 0.29) is 6.10 Å². The van der Waals surface area contributed by atoms with Crippen LogP contribution in [0.4, 0.5) is 0 Å². The predicted octanol–water partition coefficient (Wildman–Crippen LogP) is 3.51. The van der Waals surface area contributed by atoms with Crippen LogP contribution in [-0.2, 0) is 19.3 Å². The van der Waals surface area contributed by atoms with E-state index in [1.807, 2.05) is 0 Å². The SMILES string of the molecule is CC1CCC(C(O)Cc2ccc3c(c2)CCC3)C1. The molecule has 0 saturated heterocycles. The first kappa shape index (κ1) is 12.2. The summed E-state index contributed by atoms with van der Waals surface area (Å²) in [6, 6.07) is 6.84. The molecule has 0 heterocycles. The summed E-state index contributed by atoms with van der Waals surface area (Å²) in [5.41, 5.74) is 4.39. The lowest BCUT2D eigenvalue weighted by Crippen LogP contribution is -2.20. The van der Waals surface area contributed by atoms with Gasteiger partial charge in [-0.1, -0.05) is 31.5 Å². The largest absolute Gasteiger partial charge is 0.392 e. The van der Waals surface area contributed by atoms with E-state index in [0.29, 0.717) is 5.92 Å². The Kier molecular flexibility index (Phi) is 3.43. The molecule has 1 saturated carbocycles. The predicted molar refractivity (Wildman–Crippen MR) is 74.7 cm³/mol. The highest BCUT2D eigenvalue weighted by atomic mass is 16.3. The summed E-state index contributed by atoms with van der Waals surface area (Å²) < 4.78 is 0. The number of aliphatic hydroxyl groups excluding tert-OH is 1. The molecule has 3 rings (SSSR count). The average Bonchev–Trinajstić information content (AvgIpc) is 2.96. The molecular weight excluding hydrogens is 220 g/mol. The normalized spacial score (nSPS) is 28.3. The van der Waals surface area contributed by atoms with Gasteiger partial charge in [0.05, 0.1) is 6.10 Å². The summed E-state index contributed by atoms with van der Waals surface area (Å²) in [5.74, 6) is 1.35. The van der Waals surface area contributed by atoms with Crippen LogP contribution < -0.4 is 0 Å². The van der Waals surface area contributed by atoms with Gasteiger partial charge in [-0.15, -0.1) is 0 Å². The maximum absolute atomic E-state index is 10.4. The van der Waals surface area contributed by atoms with Gasteiger partial charge in [-0.2, -0.15) is 0 Å². The molecule has 0 bridgehead atoms. The molecule has 0 aromatic heterocycles. The molecule has 1 nitrogen and oxygen atoms in total. The number of hydrogen-bond acceptors (Lipinski definition) is 1. The molecule has 0 amide bonds. The van der Waals surface area contributed by atoms with Gasteiger partial charge in [0.25, 0.3) is 0 Å². The van der Waals surface area contributed by atoms with Crippen molar-refractivity contribution < 1.29 is 5.11 Å². The van der Waals surface area contributed by atoms with Gasteiger partial charge in [0.2, 0.25) is 0 Å². The monoisotopic (exact) mass is 244 g/mol. The zero-order valence-corrected chi connectivity index (χ0v) is 11.4. The number of fused-ring (bicyclic) bond motifs is 1. The Balaban J connectivity index is 1.65. The van der Waals surface area contributed by atoms with Gasteiger partial charge in [-0.3, -0.25) is 0 Å². The summed E-state index contributed by atoms with van der Waals surface area (Å²) in [4.78, 5) is 0. The van der Waals surface area contributed by atoms with Gasteiger partial charge in [-0.25, -0.2) is 0 Å². The fraction of sp³-hybridized carbons (Fsp3) is 0.647. The van der Waals surface area contributed by atoms with Crippen LogP contribution >= 0.6 is 0 Å². The summed E-state index contributed by atoms with van der Waals surface area (Å²) in [6.07, 6.45) is 8.24. The molecule has 3 atom stereocenters. The van der Waals surface area contributed by atoms with Crippen molar-refractivity contribution in [3.05, 3.63) is 34.9 Å². The van der Waals surface area contributed by atoms with Gasteiger partial charge >= 0.3 is 0 Å². The molecule has 1 N–H and O–H groups in total. The second kappa shape index (κ2) is 5.05. The van der Waals surface area contributed by atoms with E-state index < -0.39 is 0 Å². The van der Waals surface area contributed by atoms with Crippen LogP contribution in [0.3, 0.4) is 0 Å². The lowest BCUT2D eigenvalue weighted by molar-refractivity contribution is 0.109. The van der Waals surface area contributed by atoms with Crippen molar-refractivity contribution in [1.82, 2.24) is 0 Å². The molecule has 18 heavy (non-hydrogen) atoms. The third-order valence-corrected chi connectivity index (χ3v) is 4.89. The summed E-state index contributed by atoms with van der Waals surface area (Å²) in [5, 5.41) is 10.4. The van der Waals surface area contributed by atoms with E-state index in [0.717, 1.165) is 12.3 Å². The number of aliphatic hydroxyl groups is 1. The number of benzene rings is 1. The number of hydrogen-bond donors (Lipinski definition) is 1. The third kappa shape index (κ3) is 2.47. The molecule has 0 radical (unpaired) electrons. The summed E-state index contributed by atoms with van der Waals surface area (Å²) >= 11 is 0. The van der Waals surface area contributed by atoms with Crippen molar-refractivity contribution in [2.45, 2.75) is 58.0 Å². The molecule has 2 aliphatic carbocycles. The minimum absolute atomic E-state index is 0.130. The zero-order valence-electron chi connectivity index (χ0n) is 11.4. The molecule has 1 aromatic rings. The number of rotatable bonds is 3. The van der Waals surface area contributed by atoms with E-state index in [4.69, 9.17) is 0 Å². The zero-order chi connectivity index (χ0) is 12.5. The van der Waals surface area contributed by atoms with Crippen LogP contribution in [0.25, 0.3) is 0 Å². The minimum Gasteiger partial charge on any atom is -0.392 e. The lowest BCUT2D eigenvalue weighted by atomic mass is 9.93. The van der Waals surface area contributed by atoms with E-state index in [9.17, 15) is 5.11 Å². The van der Waals surface area contributed by atoms with Crippen LogP contribution in [0, 0.1) is 11.8 Å². The topological polar surface area (TPSA) is 20.2 Å². The van der Waals surface area contributed by atoms with E-state index in [2.05, 4.69) is 25.1 Å². The van der Waals surface area contributed by atoms with Crippen molar-refractivity contribution >= 4 is 0 Å². The van der Waals surface area contributed by atoms with Gasteiger partial charge < -0.3 is 5.11 Å². The van der Waals surface area contributed by atoms with Gasteiger partial charge in [0.1, 0.15) is 0 Å². The van der Waals surface area contributed by atoms with Gasteiger partial charge in [0.15, 0.2) is 0 Å². The quantitative estimate of drug-likeness (QED) is 0.862. The van der Waals surface area contributed by atoms with Crippen LogP contribution in [0.1, 0.15) is 49.3 Å². The standard InChI is InChI=1S/C17H24O/c1-12-5-7-16(9-12)17(18)11-13-6-8-14-3-2-4-15(14)10-13/h6,8,10,12,16-18H,2-5,7,9,11H2,1H3. The highest BCUT2D eigenvalue weighted by Crippen LogP contribution is 2.34. The molecular formula is C17H24O. The second-order valence-corrected chi connectivity index (χ2v) is 6.41. The Morgan fingerprint density at radius 1 is 1.22 bits per heavy atom. The van der Waals surface area contributed by atoms with E-state index >= 15 is 0 Å². The van der Waals surface area contributed by atoms with Crippen molar-refractivity contribution in [2.75, 3.05) is 0 Å². The van der Waals surface area contributed by atoms with E-state index in [1.54, 1.807) is 0 Å². The summed E-state index contributed by atoms with van der Waals surface area (Å²) in [7, 11) is 0. The molecule has 2 aliphatic rings. The van der Waals surface area contributed by atoms with Crippen LogP contribution in [0.5, 0.6) is 0 Å². The Labute approximate surface area is 110 Å². The first-order chi connectivity index (χ1) is 8.72. The van der Waals surface area contributed by atoms with Crippen molar-refractivity contribution in [3.63, 3.8) is 0 Å². The fourth-order valence-electron chi connectivity index (χ4n) is 3.76. The molecule has 1 heteroatoms. The first-order valence-electron chi connectivity index (χ1n) is 7.51. The van der Waals surface area contributed by atoms with E-state index in [1.165, 1.54) is 55.2 Å². The molecule has 1 aromatic carbocycles. The Morgan fingerprint density at radius 2 is 2.06 bits per heavy atom. The molecule has 0 aliphatic heterocycles. The highest BCUT2D eigenvalue weighted by Gasteiger charge is 2.27. The lowest BCUT2D eigenvalue weighted by Gasteiger charge is -2.18. The first-order valence-corrected chi connectivity index (χ1v) is 7.51. The smallest absolute Gasteiger partial charge is 0.0608 e. The van der Waals surface area contributed by atoms with Crippen LogP contribution in [-0.4, -0.2) is 11.2 Å². The van der Waals surface area contributed by atoms with Crippen molar-refractivity contribution in [3.8, 4) is 0 Å². The highest BCUT2D eigenvalue weighted by molar-refractivity contribution is 5.35. The fourth-order valence-corrected chi connectivity index (χ4v) is 3.76. The van der Waals surface area contributed by atoms with Crippen molar-refractivity contribution in [1.29, 1.82) is 0 Å². The Morgan fingerprint density at radius 3 is 2.83 bits per heavy atom. The molecule has 0 spiro atoms. The molecule has 1 fully saturated rings. The third-order valence-electron chi connectivity index (χ3n) is 4.89. The van der Waals surface area contributed by atoms with Crippen LogP contribution in [0.2, 0.25) is 0 Å². The van der Waals surface area contributed by atoms with Crippen molar-refractivity contribution in [2.24, 2.45) is 11.8 Å². The Bertz CT molecular complexity index is 424. The Hall–Kier alpha value is -0.820. The maximum Gasteiger partial charge on any atom is 0.0608 e.